The van der Waals surface area contributed by atoms with Gasteiger partial charge in [0, 0.05) is 0 Å². The van der Waals surface area contributed by atoms with Crippen molar-refractivity contribution in [3.8, 4) is 0 Å². The van der Waals surface area contributed by atoms with Gasteiger partial charge >= 0.3 is 0 Å². The Labute approximate surface area is 73.7 Å². The summed E-state index contributed by atoms with van der Waals surface area (Å²) in [5.74, 6) is 0.394. The Hall–Kier alpha value is -0.350. The van der Waals surface area contributed by atoms with Crippen LogP contribution in [0.15, 0.2) is 12.2 Å². The minimum Gasteiger partial charge on any atom is -0.229 e. The Balaban J connectivity index is 2.41. The third-order valence-corrected chi connectivity index (χ3v) is 3.22. The average molecular weight is 189 g/mol. The van der Waals surface area contributed by atoms with Crippen LogP contribution in [0, 0.1) is 5.92 Å². The third-order valence-electron chi connectivity index (χ3n) is 2.28. The molecule has 0 atom stereocenters. The van der Waals surface area contributed by atoms with Gasteiger partial charge < -0.3 is 0 Å². The summed E-state index contributed by atoms with van der Waals surface area (Å²) in [7, 11) is -3.27. The van der Waals surface area contributed by atoms with Crippen LogP contribution in [0.3, 0.4) is 0 Å². The number of sulfonamides is 1. The van der Waals surface area contributed by atoms with Crippen LogP contribution in [0.1, 0.15) is 25.7 Å². The average Bonchev–Trinajstić information content (AvgIpc) is 1.91. The maximum absolute atomic E-state index is 10.7. The number of nitrogens with two attached hydrogens (primary N) is 1. The number of rotatable bonds is 2. The van der Waals surface area contributed by atoms with Crippen molar-refractivity contribution >= 4 is 10.0 Å². The lowest BCUT2D eigenvalue weighted by molar-refractivity contribution is 0.442. The van der Waals surface area contributed by atoms with Gasteiger partial charge in [-0.3, -0.25) is 0 Å². The predicted octanol–water partition coefficient (Wildman–Crippen LogP) is 1.02. The Bertz CT molecular complexity index is 259. The van der Waals surface area contributed by atoms with Gasteiger partial charge in [0.05, 0.1) is 5.75 Å². The van der Waals surface area contributed by atoms with Crippen LogP contribution in [-0.2, 0) is 10.0 Å². The standard InChI is InChI=1S/C8H15NO2S/c1-7-2-4-8(5-3-7)6-12(9,10)11/h8H,1-6H2,(H2,9,10,11). The molecule has 0 saturated heterocycles. The Morgan fingerprint density at radius 1 is 1.42 bits per heavy atom. The van der Waals surface area contributed by atoms with Crippen LogP contribution in [-0.4, -0.2) is 14.2 Å². The van der Waals surface area contributed by atoms with E-state index in [9.17, 15) is 8.42 Å². The predicted molar refractivity (Wildman–Crippen MR) is 49.1 cm³/mol. The first-order chi connectivity index (χ1) is 5.47. The zero-order valence-electron chi connectivity index (χ0n) is 7.12. The summed E-state index contributed by atoms with van der Waals surface area (Å²) in [6.45, 7) is 3.86. The van der Waals surface area contributed by atoms with Gasteiger partial charge in [0.1, 0.15) is 0 Å². The first-order valence-corrected chi connectivity index (χ1v) is 5.86. The van der Waals surface area contributed by atoms with E-state index in [1.807, 2.05) is 0 Å². The molecule has 0 heterocycles. The van der Waals surface area contributed by atoms with E-state index in [1.54, 1.807) is 0 Å². The van der Waals surface area contributed by atoms with Gasteiger partial charge in [-0.1, -0.05) is 12.2 Å². The number of allylic oxidation sites excluding steroid dienone is 1. The van der Waals surface area contributed by atoms with Crippen LogP contribution in [0.25, 0.3) is 0 Å². The van der Waals surface area contributed by atoms with Crippen LogP contribution in [0.5, 0.6) is 0 Å². The highest BCUT2D eigenvalue weighted by Gasteiger charge is 2.19. The molecule has 0 spiro atoms. The zero-order valence-corrected chi connectivity index (χ0v) is 7.94. The number of hydrogen-bond acceptors (Lipinski definition) is 2. The van der Waals surface area contributed by atoms with E-state index < -0.39 is 10.0 Å². The SMILES string of the molecule is C=C1CCC(CS(N)(=O)=O)CC1. The lowest BCUT2D eigenvalue weighted by Gasteiger charge is -2.21. The van der Waals surface area contributed by atoms with Crippen molar-refractivity contribution in [3.05, 3.63) is 12.2 Å². The van der Waals surface area contributed by atoms with E-state index in [1.165, 1.54) is 5.57 Å². The molecule has 1 fully saturated rings. The van der Waals surface area contributed by atoms with Gasteiger partial charge in [0.2, 0.25) is 10.0 Å². The minimum absolute atomic E-state index is 0.139. The summed E-state index contributed by atoms with van der Waals surface area (Å²) in [5.41, 5.74) is 1.24. The van der Waals surface area contributed by atoms with Gasteiger partial charge in [-0.05, 0) is 31.6 Å². The van der Waals surface area contributed by atoms with Gasteiger partial charge in [-0.25, -0.2) is 13.6 Å². The summed E-state index contributed by atoms with van der Waals surface area (Å²) in [4.78, 5) is 0. The van der Waals surface area contributed by atoms with Crippen molar-refractivity contribution < 1.29 is 8.42 Å². The number of hydrogen-bond donors (Lipinski definition) is 1. The van der Waals surface area contributed by atoms with E-state index in [2.05, 4.69) is 6.58 Å². The maximum atomic E-state index is 10.7. The minimum atomic E-state index is -3.27. The molecule has 0 bridgehead atoms. The molecule has 0 amide bonds. The molecular weight excluding hydrogens is 174 g/mol. The Morgan fingerprint density at radius 2 is 1.92 bits per heavy atom. The fourth-order valence-electron chi connectivity index (χ4n) is 1.58. The van der Waals surface area contributed by atoms with Gasteiger partial charge in [0.25, 0.3) is 0 Å². The maximum Gasteiger partial charge on any atom is 0.209 e. The first kappa shape index (κ1) is 9.74. The second kappa shape index (κ2) is 3.58. The van der Waals surface area contributed by atoms with Crippen molar-refractivity contribution in [1.82, 2.24) is 0 Å². The van der Waals surface area contributed by atoms with Gasteiger partial charge in [0.15, 0.2) is 0 Å². The van der Waals surface area contributed by atoms with Crippen molar-refractivity contribution in [3.63, 3.8) is 0 Å². The zero-order chi connectivity index (χ0) is 9.19. The topological polar surface area (TPSA) is 60.2 Å². The summed E-state index contributed by atoms with van der Waals surface area (Å²) in [5, 5.41) is 4.95. The van der Waals surface area contributed by atoms with Crippen molar-refractivity contribution in [2.45, 2.75) is 25.7 Å². The molecule has 0 aromatic carbocycles. The molecule has 4 heteroatoms. The molecule has 0 aliphatic heterocycles. The molecule has 0 aromatic rings. The summed E-state index contributed by atoms with van der Waals surface area (Å²) < 4.78 is 21.5. The molecule has 0 unspecified atom stereocenters. The fraction of sp³-hybridized carbons (Fsp3) is 0.750. The highest BCUT2D eigenvalue weighted by Crippen LogP contribution is 2.27. The van der Waals surface area contributed by atoms with Crippen molar-refractivity contribution in [2.75, 3.05) is 5.75 Å². The molecule has 1 rings (SSSR count). The molecular formula is C8H15NO2S. The summed E-state index contributed by atoms with van der Waals surface area (Å²) in [6.07, 6.45) is 3.77. The molecule has 12 heavy (non-hydrogen) atoms. The monoisotopic (exact) mass is 189 g/mol. The molecule has 0 aromatic heterocycles. The van der Waals surface area contributed by atoms with E-state index >= 15 is 0 Å². The Morgan fingerprint density at radius 3 is 2.33 bits per heavy atom. The third kappa shape index (κ3) is 3.36. The van der Waals surface area contributed by atoms with Gasteiger partial charge in [-0.15, -0.1) is 0 Å². The van der Waals surface area contributed by atoms with Crippen LogP contribution >= 0.6 is 0 Å². The van der Waals surface area contributed by atoms with E-state index in [0.717, 1.165) is 25.7 Å². The summed E-state index contributed by atoms with van der Waals surface area (Å²) in [6, 6.07) is 0. The molecule has 2 N–H and O–H groups in total. The number of primary sulfonamides is 1. The summed E-state index contributed by atoms with van der Waals surface area (Å²) >= 11 is 0. The fourth-order valence-corrected chi connectivity index (χ4v) is 2.57. The van der Waals surface area contributed by atoms with Crippen molar-refractivity contribution in [2.24, 2.45) is 11.1 Å². The molecule has 1 aliphatic rings. The quantitative estimate of drug-likeness (QED) is 0.659. The molecule has 1 saturated carbocycles. The van der Waals surface area contributed by atoms with E-state index in [0.29, 0.717) is 0 Å². The lowest BCUT2D eigenvalue weighted by atomic mass is 9.88. The van der Waals surface area contributed by atoms with Crippen LogP contribution < -0.4 is 5.14 Å². The first-order valence-electron chi connectivity index (χ1n) is 4.14. The lowest BCUT2D eigenvalue weighted by Crippen LogP contribution is -2.24. The van der Waals surface area contributed by atoms with Crippen LogP contribution in [0.2, 0.25) is 0 Å². The van der Waals surface area contributed by atoms with Gasteiger partial charge in [-0.2, -0.15) is 0 Å². The van der Waals surface area contributed by atoms with E-state index in [4.69, 9.17) is 5.14 Å². The highest BCUT2D eigenvalue weighted by atomic mass is 32.2. The second-order valence-electron chi connectivity index (χ2n) is 3.52. The smallest absolute Gasteiger partial charge is 0.209 e. The second-order valence-corrected chi connectivity index (χ2v) is 5.18. The Kier molecular flexibility index (Phi) is 2.90. The van der Waals surface area contributed by atoms with E-state index in [-0.39, 0.29) is 11.7 Å². The molecule has 3 nitrogen and oxygen atoms in total. The molecule has 0 radical (unpaired) electrons. The molecule has 70 valence electrons. The van der Waals surface area contributed by atoms with Crippen LogP contribution in [0.4, 0.5) is 0 Å². The highest BCUT2D eigenvalue weighted by molar-refractivity contribution is 7.89. The molecule has 1 aliphatic carbocycles. The van der Waals surface area contributed by atoms with Crippen molar-refractivity contribution in [1.29, 1.82) is 0 Å². The largest absolute Gasteiger partial charge is 0.229 e. The normalized spacial score (nSPS) is 21.2.